The quantitative estimate of drug-likeness (QED) is 0.233. The SMILES string of the molecule is O=C(Nc1ccc(C(F)(F)F)cc1)Nc1cc(Oc2ccnc(-c3c[nH]cn3)c2)ccc1[N+](=O)[O-]. The van der Waals surface area contributed by atoms with Gasteiger partial charge < -0.3 is 20.4 Å². The van der Waals surface area contributed by atoms with E-state index in [0.29, 0.717) is 17.1 Å². The fraction of sp³-hybridized carbons (Fsp3) is 0.0455. The Bertz CT molecular complexity index is 1360. The van der Waals surface area contributed by atoms with Crippen molar-refractivity contribution in [2.45, 2.75) is 6.18 Å². The summed E-state index contributed by atoms with van der Waals surface area (Å²) in [6.45, 7) is 0. The van der Waals surface area contributed by atoms with E-state index in [1.165, 1.54) is 24.7 Å². The minimum atomic E-state index is -4.52. The van der Waals surface area contributed by atoms with Gasteiger partial charge in [-0.3, -0.25) is 15.1 Å². The molecule has 4 aromatic rings. The number of anilines is 2. The number of urea groups is 1. The number of H-pyrrole nitrogens is 1. The monoisotopic (exact) mass is 484 g/mol. The van der Waals surface area contributed by atoms with Gasteiger partial charge in [0.25, 0.3) is 5.69 Å². The minimum absolute atomic E-state index is 0.0632. The number of hydrogen-bond donors (Lipinski definition) is 3. The molecule has 0 atom stereocenters. The van der Waals surface area contributed by atoms with Crippen molar-refractivity contribution in [3.05, 3.63) is 89.0 Å². The fourth-order valence-corrected chi connectivity index (χ4v) is 3.02. The number of nitrogens with one attached hydrogen (secondary N) is 3. The Labute approximate surface area is 195 Å². The van der Waals surface area contributed by atoms with Gasteiger partial charge in [-0.05, 0) is 36.4 Å². The van der Waals surface area contributed by atoms with Gasteiger partial charge in [0.1, 0.15) is 22.9 Å². The molecule has 0 bridgehead atoms. The van der Waals surface area contributed by atoms with Gasteiger partial charge >= 0.3 is 12.2 Å². The Hall–Kier alpha value is -4.94. The van der Waals surface area contributed by atoms with Crippen molar-refractivity contribution < 1.29 is 27.6 Å². The lowest BCUT2D eigenvalue weighted by Gasteiger charge is -2.12. The van der Waals surface area contributed by atoms with Gasteiger partial charge in [-0.15, -0.1) is 0 Å². The first kappa shape index (κ1) is 23.2. The zero-order valence-electron chi connectivity index (χ0n) is 17.5. The molecule has 4 rings (SSSR count). The van der Waals surface area contributed by atoms with Gasteiger partial charge in [-0.25, -0.2) is 9.78 Å². The Morgan fingerprint density at radius 2 is 1.71 bits per heavy atom. The third kappa shape index (κ3) is 5.71. The summed E-state index contributed by atoms with van der Waals surface area (Å²) < 4.78 is 43.8. The molecule has 10 nitrogen and oxygen atoms in total. The number of pyridine rings is 1. The third-order valence-electron chi connectivity index (χ3n) is 4.61. The average molecular weight is 484 g/mol. The molecule has 13 heteroatoms. The predicted molar refractivity (Wildman–Crippen MR) is 119 cm³/mol. The number of ether oxygens (including phenoxy) is 1. The topological polar surface area (TPSA) is 135 Å². The van der Waals surface area contributed by atoms with Gasteiger partial charge in [-0.1, -0.05) is 0 Å². The number of halogens is 3. The maximum Gasteiger partial charge on any atom is 0.416 e. The van der Waals surface area contributed by atoms with Crippen LogP contribution in [0, 0.1) is 10.1 Å². The summed E-state index contributed by atoms with van der Waals surface area (Å²) in [6.07, 6.45) is 0.126. The number of hydrogen-bond acceptors (Lipinski definition) is 6. The zero-order valence-corrected chi connectivity index (χ0v) is 17.5. The van der Waals surface area contributed by atoms with E-state index in [-0.39, 0.29) is 17.1 Å². The van der Waals surface area contributed by atoms with E-state index in [1.54, 1.807) is 18.3 Å². The minimum Gasteiger partial charge on any atom is -0.457 e. The van der Waals surface area contributed by atoms with Gasteiger partial charge in [0.2, 0.25) is 0 Å². The number of alkyl halides is 3. The van der Waals surface area contributed by atoms with Crippen LogP contribution >= 0.6 is 0 Å². The third-order valence-corrected chi connectivity index (χ3v) is 4.61. The highest BCUT2D eigenvalue weighted by Crippen LogP contribution is 2.33. The normalized spacial score (nSPS) is 11.1. The molecule has 0 aliphatic rings. The number of aromatic amines is 1. The van der Waals surface area contributed by atoms with E-state index in [1.807, 2.05) is 0 Å². The molecule has 0 aliphatic carbocycles. The van der Waals surface area contributed by atoms with Crippen LogP contribution in [-0.4, -0.2) is 25.9 Å². The van der Waals surface area contributed by atoms with Crippen LogP contribution in [0.3, 0.4) is 0 Å². The van der Waals surface area contributed by atoms with E-state index in [4.69, 9.17) is 4.74 Å². The van der Waals surface area contributed by atoms with Crippen LogP contribution < -0.4 is 15.4 Å². The summed E-state index contributed by atoms with van der Waals surface area (Å²) in [5.41, 5.74) is -0.296. The van der Waals surface area contributed by atoms with E-state index < -0.39 is 28.4 Å². The van der Waals surface area contributed by atoms with Gasteiger partial charge in [0, 0.05) is 36.3 Å². The maximum absolute atomic E-state index is 12.7. The molecular formula is C22H15F3N6O4. The molecule has 0 saturated carbocycles. The molecule has 35 heavy (non-hydrogen) atoms. The molecule has 2 aromatic carbocycles. The zero-order chi connectivity index (χ0) is 25.0. The second-order valence-corrected chi connectivity index (χ2v) is 7.02. The fourth-order valence-electron chi connectivity index (χ4n) is 3.02. The largest absolute Gasteiger partial charge is 0.457 e. The molecule has 2 aromatic heterocycles. The summed E-state index contributed by atoms with van der Waals surface area (Å²) in [5.74, 6) is 0.548. The first-order valence-corrected chi connectivity index (χ1v) is 9.86. The van der Waals surface area contributed by atoms with Crippen LogP contribution in [0.4, 0.5) is 35.0 Å². The van der Waals surface area contributed by atoms with Crippen LogP contribution in [-0.2, 0) is 6.18 Å². The van der Waals surface area contributed by atoms with Crippen LogP contribution in [0.2, 0.25) is 0 Å². The molecule has 178 valence electrons. The molecule has 3 N–H and O–H groups in total. The maximum atomic E-state index is 12.7. The van der Waals surface area contributed by atoms with E-state index in [9.17, 15) is 28.1 Å². The smallest absolute Gasteiger partial charge is 0.416 e. The average Bonchev–Trinajstić information content (AvgIpc) is 3.34. The lowest BCUT2D eigenvalue weighted by molar-refractivity contribution is -0.383. The molecule has 0 fully saturated rings. The number of carbonyl (C=O) groups excluding carboxylic acids is 1. The molecule has 2 amide bonds. The molecule has 0 saturated heterocycles. The lowest BCUT2D eigenvalue weighted by atomic mass is 10.2. The van der Waals surface area contributed by atoms with Crippen LogP contribution in [0.5, 0.6) is 11.5 Å². The summed E-state index contributed by atoms with van der Waals surface area (Å²) in [6, 6.07) is 9.78. The summed E-state index contributed by atoms with van der Waals surface area (Å²) >= 11 is 0. The van der Waals surface area contributed by atoms with Crippen molar-refractivity contribution in [3.8, 4) is 22.9 Å². The Morgan fingerprint density at radius 3 is 2.37 bits per heavy atom. The van der Waals surface area contributed by atoms with E-state index >= 15 is 0 Å². The Kier molecular flexibility index (Phi) is 6.31. The number of nitrogens with zero attached hydrogens (tertiary/aromatic N) is 3. The molecular weight excluding hydrogens is 469 g/mol. The van der Waals surface area contributed by atoms with Crippen LogP contribution in [0.15, 0.2) is 73.3 Å². The van der Waals surface area contributed by atoms with Crippen molar-refractivity contribution >= 4 is 23.1 Å². The summed E-state index contributed by atoms with van der Waals surface area (Å²) in [7, 11) is 0. The van der Waals surface area contributed by atoms with Crippen molar-refractivity contribution in [1.82, 2.24) is 15.0 Å². The number of amides is 2. The molecule has 2 heterocycles. The second-order valence-electron chi connectivity index (χ2n) is 7.02. The molecule has 0 unspecified atom stereocenters. The highest BCUT2D eigenvalue weighted by atomic mass is 19.4. The van der Waals surface area contributed by atoms with Crippen molar-refractivity contribution in [2.24, 2.45) is 0 Å². The number of benzene rings is 2. The number of nitro groups is 1. The van der Waals surface area contributed by atoms with Crippen molar-refractivity contribution in [2.75, 3.05) is 10.6 Å². The standard InChI is InChI=1S/C22H15F3N6O4/c23-22(24,25)13-1-3-14(4-2-13)29-21(32)30-18-10-15(5-6-20(18)31(33)34)35-16-7-8-27-17(9-16)19-11-26-12-28-19/h1-12H,(H,26,28)(H2,29,30,32). The number of nitro benzene ring substituents is 1. The Balaban J connectivity index is 1.51. The predicted octanol–water partition coefficient (Wildman–Crippen LogP) is 5.84. The van der Waals surface area contributed by atoms with Crippen molar-refractivity contribution in [3.63, 3.8) is 0 Å². The highest BCUT2D eigenvalue weighted by Gasteiger charge is 2.30. The second kappa shape index (κ2) is 9.51. The summed E-state index contributed by atoms with van der Waals surface area (Å²) in [5, 5.41) is 16.1. The molecule has 0 aliphatic heterocycles. The Morgan fingerprint density at radius 1 is 0.971 bits per heavy atom. The number of aromatic nitrogens is 3. The number of rotatable bonds is 6. The molecule has 0 spiro atoms. The number of carbonyl (C=O) groups is 1. The van der Waals surface area contributed by atoms with Crippen LogP contribution in [0.25, 0.3) is 11.4 Å². The van der Waals surface area contributed by atoms with E-state index in [2.05, 4.69) is 25.6 Å². The number of imidazole rings is 1. The molecule has 0 radical (unpaired) electrons. The van der Waals surface area contributed by atoms with Crippen molar-refractivity contribution in [1.29, 1.82) is 0 Å². The summed E-state index contributed by atoms with van der Waals surface area (Å²) in [4.78, 5) is 34.2. The lowest BCUT2D eigenvalue weighted by Crippen LogP contribution is -2.20. The first-order valence-electron chi connectivity index (χ1n) is 9.86. The van der Waals surface area contributed by atoms with Gasteiger partial charge in [-0.2, -0.15) is 13.2 Å². The first-order chi connectivity index (χ1) is 16.7. The van der Waals surface area contributed by atoms with Crippen LogP contribution in [0.1, 0.15) is 5.56 Å². The highest BCUT2D eigenvalue weighted by molar-refractivity contribution is 6.01. The van der Waals surface area contributed by atoms with Gasteiger partial charge in [0.15, 0.2) is 0 Å². The van der Waals surface area contributed by atoms with E-state index in [0.717, 1.165) is 30.3 Å². The van der Waals surface area contributed by atoms with Gasteiger partial charge in [0.05, 0.1) is 22.5 Å².